The Labute approximate surface area is 106 Å². The summed E-state index contributed by atoms with van der Waals surface area (Å²) in [7, 11) is -3.65. The van der Waals surface area contributed by atoms with E-state index in [0.29, 0.717) is 6.42 Å². The van der Waals surface area contributed by atoms with Crippen LogP contribution in [0.3, 0.4) is 0 Å². The molecule has 0 atom stereocenters. The van der Waals surface area contributed by atoms with E-state index >= 15 is 0 Å². The fourth-order valence-corrected chi connectivity index (χ4v) is 2.54. The number of benzene rings is 1. The van der Waals surface area contributed by atoms with Gasteiger partial charge < -0.3 is 9.84 Å². The van der Waals surface area contributed by atoms with Crippen LogP contribution in [-0.4, -0.2) is 38.5 Å². The summed E-state index contributed by atoms with van der Waals surface area (Å²) in [6.07, 6.45) is 0.470. The van der Waals surface area contributed by atoms with Crippen LogP contribution in [0.2, 0.25) is 0 Å². The maximum atomic E-state index is 11.8. The van der Waals surface area contributed by atoms with Gasteiger partial charge in [0.15, 0.2) is 15.6 Å². The zero-order valence-electron chi connectivity index (χ0n) is 10.1. The zero-order chi connectivity index (χ0) is 13.6. The molecule has 18 heavy (non-hydrogen) atoms. The maximum absolute atomic E-state index is 11.8. The first-order chi connectivity index (χ1) is 8.49. The minimum absolute atomic E-state index is 0.00885. The predicted octanol–water partition coefficient (Wildman–Crippen LogP) is 0.558. The summed E-state index contributed by atoms with van der Waals surface area (Å²) < 4.78 is 28.3. The van der Waals surface area contributed by atoms with E-state index in [1.807, 2.05) is 0 Å². The number of carbonyl (C=O) groups is 1. The summed E-state index contributed by atoms with van der Waals surface area (Å²) >= 11 is 0. The summed E-state index contributed by atoms with van der Waals surface area (Å²) in [6, 6.07) is 6.10. The van der Waals surface area contributed by atoms with Crippen LogP contribution in [0.25, 0.3) is 0 Å². The van der Waals surface area contributed by atoms with Gasteiger partial charge >= 0.3 is 5.97 Å². The number of ether oxygens (including phenoxy) is 1. The van der Waals surface area contributed by atoms with E-state index in [9.17, 15) is 13.2 Å². The Balaban J connectivity index is 2.82. The molecule has 0 amide bonds. The van der Waals surface area contributed by atoms with Crippen molar-refractivity contribution in [1.82, 2.24) is 0 Å². The van der Waals surface area contributed by atoms with Crippen LogP contribution >= 0.6 is 0 Å². The third kappa shape index (κ3) is 4.12. The number of sulfone groups is 1. The minimum atomic E-state index is -3.65. The highest BCUT2D eigenvalue weighted by Crippen LogP contribution is 2.13. The van der Waals surface area contributed by atoms with E-state index in [2.05, 4.69) is 4.74 Å². The lowest BCUT2D eigenvalue weighted by Gasteiger charge is -2.05. The van der Waals surface area contributed by atoms with Crippen molar-refractivity contribution < 1.29 is 23.1 Å². The van der Waals surface area contributed by atoms with Crippen molar-refractivity contribution in [3.05, 3.63) is 29.8 Å². The molecule has 1 aromatic rings. The van der Waals surface area contributed by atoms with E-state index in [1.54, 1.807) is 19.1 Å². The molecular formula is C12H16O5S. The van der Waals surface area contributed by atoms with Gasteiger partial charge in [-0.25, -0.2) is 8.42 Å². The molecule has 0 aliphatic heterocycles. The molecule has 5 nitrogen and oxygen atoms in total. The van der Waals surface area contributed by atoms with Crippen LogP contribution in [0, 0.1) is 0 Å². The number of rotatable bonds is 6. The van der Waals surface area contributed by atoms with Gasteiger partial charge in [-0.3, -0.25) is 4.79 Å². The second-order valence-electron chi connectivity index (χ2n) is 3.68. The van der Waals surface area contributed by atoms with Crippen LogP contribution in [-0.2, 0) is 25.8 Å². The Morgan fingerprint density at radius 3 is 2.39 bits per heavy atom. The number of esters is 1. The molecule has 0 bridgehead atoms. The highest BCUT2D eigenvalue weighted by atomic mass is 32.2. The normalized spacial score (nSPS) is 11.2. The molecule has 0 saturated carbocycles. The SMILES string of the molecule is CCOC(=O)CS(=O)(=O)c1ccc(CCO)cc1. The van der Waals surface area contributed by atoms with Gasteiger partial charge in [0.2, 0.25) is 0 Å². The molecule has 0 unspecified atom stereocenters. The van der Waals surface area contributed by atoms with E-state index < -0.39 is 21.6 Å². The van der Waals surface area contributed by atoms with E-state index in [4.69, 9.17) is 5.11 Å². The largest absolute Gasteiger partial charge is 0.465 e. The summed E-state index contributed by atoms with van der Waals surface area (Å²) in [4.78, 5) is 11.2. The lowest BCUT2D eigenvalue weighted by molar-refractivity contribution is -0.139. The van der Waals surface area contributed by atoms with Gasteiger partial charge in [-0.2, -0.15) is 0 Å². The Bertz CT molecular complexity index is 490. The monoisotopic (exact) mass is 272 g/mol. The number of hydrogen-bond donors (Lipinski definition) is 1. The average Bonchev–Trinajstić information content (AvgIpc) is 2.29. The summed E-state index contributed by atoms with van der Waals surface area (Å²) in [5.41, 5.74) is 0.840. The van der Waals surface area contributed by atoms with Crippen molar-refractivity contribution in [3.8, 4) is 0 Å². The quantitative estimate of drug-likeness (QED) is 0.765. The molecule has 0 heterocycles. The number of hydrogen-bond acceptors (Lipinski definition) is 5. The molecule has 0 aliphatic rings. The maximum Gasteiger partial charge on any atom is 0.321 e. The molecule has 1 N–H and O–H groups in total. The highest BCUT2D eigenvalue weighted by molar-refractivity contribution is 7.92. The molecular weight excluding hydrogens is 256 g/mol. The van der Waals surface area contributed by atoms with Gasteiger partial charge in [-0.05, 0) is 31.0 Å². The van der Waals surface area contributed by atoms with Crippen LogP contribution < -0.4 is 0 Å². The van der Waals surface area contributed by atoms with E-state index in [0.717, 1.165) is 5.56 Å². The molecule has 0 aliphatic carbocycles. The first-order valence-corrected chi connectivity index (χ1v) is 7.23. The molecule has 100 valence electrons. The topological polar surface area (TPSA) is 80.7 Å². The Hall–Kier alpha value is -1.40. The lowest BCUT2D eigenvalue weighted by atomic mass is 10.2. The molecule has 0 spiro atoms. The third-order valence-corrected chi connectivity index (χ3v) is 3.90. The van der Waals surface area contributed by atoms with Gasteiger partial charge in [0, 0.05) is 6.61 Å². The molecule has 0 fully saturated rings. The number of carbonyl (C=O) groups excluding carboxylic acids is 1. The smallest absolute Gasteiger partial charge is 0.321 e. The molecule has 0 radical (unpaired) electrons. The first kappa shape index (κ1) is 14.7. The standard InChI is InChI=1S/C12H16O5S/c1-2-17-12(14)9-18(15,16)11-5-3-10(4-6-11)7-8-13/h3-6,13H,2,7-9H2,1H3. The van der Waals surface area contributed by atoms with Gasteiger partial charge in [0.05, 0.1) is 11.5 Å². The first-order valence-electron chi connectivity index (χ1n) is 5.57. The number of aliphatic hydroxyl groups excluding tert-OH is 1. The second-order valence-corrected chi connectivity index (χ2v) is 5.67. The molecule has 1 aromatic carbocycles. The van der Waals surface area contributed by atoms with Crippen molar-refractivity contribution in [2.24, 2.45) is 0 Å². The second kappa shape index (κ2) is 6.51. The summed E-state index contributed by atoms with van der Waals surface area (Å²) in [5.74, 6) is -1.41. The fourth-order valence-electron chi connectivity index (χ4n) is 1.43. The predicted molar refractivity (Wildman–Crippen MR) is 65.9 cm³/mol. The molecule has 6 heteroatoms. The van der Waals surface area contributed by atoms with Crippen molar-refractivity contribution in [2.75, 3.05) is 19.0 Å². The van der Waals surface area contributed by atoms with E-state index in [-0.39, 0.29) is 18.1 Å². The van der Waals surface area contributed by atoms with Gasteiger partial charge in [-0.1, -0.05) is 12.1 Å². The highest BCUT2D eigenvalue weighted by Gasteiger charge is 2.19. The fraction of sp³-hybridized carbons (Fsp3) is 0.417. The van der Waals surface area contributed by atoms with Gasteiger partial charge in [-0.15, -0.1) is 0 Å². The van der Waals surface area contributed by atoms with Gasteiger partial charge in [0.1, 0.15) is 0 Å². The van der Waals surface area contributed by atoms with Crippen LogP contribution in [0.15, 0.2) is 29.2 Å². The van der Waals surface area contributed by atoms with Crippen LogP contribution in [0.1, 0.15) is 12.5 Å². The Morgan fingerprint density at radius 1 is 1.28 bits per heavy atom. The molecule has 1 rings (SSSR count). The molecule has 0 saturated heterocycles. The van der Waals surface area contributed by atoms with Crippen molar-refractivity contribution >= 4 is 15.8 Å². The Morgan fingerprint density at radius 2 is 1.89 bits per heavy atom. The Kier molecular flexibility index (Phi) is 5.30. The zero-order valence-corrected chi connectivity index (χ0v) is 10.9. The third-order valence-electron chi connectivity index (χ3n) is 2.30. The van der Waals surface area contributed by atoms with Crippen molar-refractivity contribution in [2.45, 2.75) is 18.2 Å². The van der Waals surface area contributed by atoms with Crippen molar-refractivity contribution in [3.63, 3.8) is 0 Å². The minimum Gasteiger partial charge on any atom is -0.465 e. The van der Waals surface area contributed by atoms with E-state index in [1.165, 1.54) is 12.1 Å². The summed E-state index contributed by atoms with van der Waals surface area (Å²) in [6.45, 7) is 1.78. The number of aliphatic hydroxyl groups is 1. The van der Waals surface area contributed by atoms with Crippen LogP contribution in [0.4, 0.5) is 0 Å². The molecule has 0 aromatic heterocycles. The average molecular weight is 272 g/mol. The summed E-state index contributed by atoms with van der Waals surface area (Å²) in [5, 5.41) is 8.75. The van der Waals surface area contributed by atoms with Crippen LogP contribution in [0.5, 0.6) is 0 Å². The lowest BCUT2D eigenvalue weighted by Crippen LogP contribution is -2.18. The van der Waals surface area contributed by atoms with Crippen molar-refractivity contribution in [1.29, 1.82) is 0 Å². The van der Waals surface area contributed by atoms with Gasteiger partial charge in [0.25, 0.3) is 0 Å².